The number of anilines is 3. The lowest BCUT2D eigenvalue weighted by atomic mass is 10.3. The molecular weight excluding hydrogens is 270 g/mol. The summed E-state index contributed by atoms with van der Waals surface area (Å²) in [7, 11) is 3.21. The van der Waals surface area contributed by atoms with Crippen LogP contribution < -0.4 is 21.5 Å². The molecule has 4 N–H and O–H groups in total. The fourth-order valence-corrected chi connectivity index (χ4v) is 0.982. The van der Waals surface area contributed by atoms with Gasteiger partial charge in [-0.05, 0) is 0 Å². The van der Waals surface area contributed by atoms with Crippen molar-refractivity contribution in [3.8, 4) is 0 Å². The molecule has 0 saturated heterocycles. The second-order valence-corrected chi connectivity index (χ2v) is 3.74. The molecule has 11 heteroatoms. The van der Waals surface area contributed by atoms with Crippen LogP contribution in [0.15, 0.2) is 0 Å². The molecule has 1 aromatic rings. The minimum atomic E-state index is -4.18. The Kier molecular flexibility index (Phi) is 4.64. The molecule has 0 bridgehead atoms. The highest BCUT2D eigenvalue weighted by molar-refractivity contribution is 5.42. The van der Waals surface area contributed by atoms with Gasteiger partial charge in [-0.2, -0.15) is 23.7 Å². The molecule has 0 saturated carbocycles. The third-order valence-corrected chi connectivity index (χ3v) is 1.95. The molecule has 0 fully saturated rings. The van der Waals surface area contributed by atoms with E-state index in [4.69, 9.17) is 5.84 Å². The van der Waals surface area contributed by atoms with E-state index in [0.717, 1.165) is 0 Å². The van der Waals surface area contributed by atoms with Crippen molar-refractivity contribution in [2.45, 2.75) is 12.3 Å². The molecule has 0 atom stereocenters. The predicted molar refractivity (Wildman–Crippen MR) is 61.4 cm³/mol. The van der Waals surface area contributed by atoms with Crippen molar-refractivity contribution in [1.29, 1.82) is 0 Å². The van der Waals surface area contributed by atoms with Crippen molar-refractivity contribution in [2.75, 3.05) is 36.3 Å². The molecule has 0 amide bonds. The average Bonchev–Trinajstić information content (AvgIpc) is 2.35. The van der Waals surface area contributed by atoms with Gasteiger partial charge in [0.25, 0.3) is 0 Å². The molecule has 0 unspecified atom stereocenters. The number of rotatable bonds is 6. The maximum atomic E-state index is 12.7. The fourth-order valence-electron chi connectivity index (χ4n) is 0.982. The van der Waals surface area contributed by atoms with E-state index < -0.39 is 18.9 Å². The number of alkyl halides is 4. The van der Waals surface area contributed by atoms with E-state index in [-0.39, 0.29) is 17.8 Å². The van der Waals surface area contributed by atoms with Gasteiger partial charge in [0, 0.05) is 14.1 Å². The van der Waals surface area contributed by atoms with Crippen LogP contribution in [0.25, 0.3) is 0 Å². The number of halogens is 4. The van der Waals surface area contributed by atoms with Crippen molar-refractivity contribution < 1.29 is 17.6 Å². The molecule has 19 heavy (non-hydrogen) atoms. The Morgan fingerprint density at radius 2 is 1.79 bits per heavy atom. The molecule has 1 aromatic heterocycles. The first-order valence-electron chi connectivity index (χ1n) is 5.06. The molecule has 1 heterocycles. The summed E-state index contributed by atoms with van der Waals surface area (Å²) >= 11 is 0. The van der Waals surface area contributed by atoms with Crippen LogP contribution in [-0.4, -0.2) is 47.9 Å². The first-order chi connectivity index (χ1) is 8.76. The third-order valence-electron chi connectivity index (χ3n) is 1.95. The molecular formula is C8H13F4N7. The zero-order valence-electron chi connectivity index (χ0n) is 10.2. The van der Waals surface area contributed by atoms with Crippen LogP contribution in [0.5, 0.6) is 0 Å². The van der Waals surface area contributed by atoms with E-state index in [0.29, 0.717) is 0 Å². The molecule has 108 valence electrons. The van der Waals surface area contributed by atoms with Gasteiger partial charge < -0.3 is 10.2 Å². The van der Waals surface area contributed by atoms with Crippen LogP contribution in [0.2, 0.25) is 0 Å². The van der Waals surface area contributed by atoms with Gasteiger partial charge in [-0.25, -0.2) is 14.6 Å². The van der Waals surface area contributed by atoms with Crippen LogP contribution >= 0.6 is 0 Å². The van der Waals surface area contributed by atoms with Gasteiger partial charge in [-0.1, -0.05) is 0 Å². The zero-order chi connectivity index (χ0) is 14.6. The molecule has 0 radical (unpaired) electrons. The summed E-state index contributed by atoms with van der Waals surface area (Å²) in [6, 6.07) is 0. The summed E-state index contributed by atoms with van der Waals surface area (Å²) in [5.74, 6) is 0.685. The highest BCUT2D eigenvalue weighted by Crippen LogP contribution is 2.23. The largest absolute Gasteiger partial charge is 0.348 e. The number of nitrogens with one attached hydrogen (secondary N) is 2. The number of nitrogen functional groups attached to an aromatic ring is 1. The Morgan fingerprint density at radius 1 is 1.21 bits per heavy atom. The maximum absolute atomic E-state index is 12.7. The van der Waals surface area contributed by atoms with Crippen molar-refractivity contribution in [1.82, 2.24) is 15.0 Å². The predicted octanol–water partition coefficient (Wildman–Crippen LogP) is 0.535. The fraction of sp³-hybridized carbons (Fsp3) is 0.625. The average molecular weight is 283 g/mol. The van der Waals surface area contributed by atoms with Crippen molar-refractivity contribution in [2.24, 2.45) is 5.84 Å². The van der Waals surface area contributed by atoms with Crippen LogP contribution in [0.3, 0.4) is 0 Å². The van der Waals surface area contributed by atoms with E-state index in [1.165, 1.54) is 4.90 Å². The number of hydrazine groups is 1. The summed E-state index contributed by atoms with van der Waals surface area (Å²) in [6.07, 6.45) is -3.78. The summed E-state index contributed by atoms with van der Waals surface area (Å²) in [4.78, 5) is 12.7. The quantitative estimate of drug-likeness (QED) is 0.398. The Hall–Kier alpha value is -1.91. The van der Waals surface area contributed by atoms with Gasteiger partial charge in [0.1, 0.15) is 0 Å². The third kappa shape index (κ3) is 4.05. The Labute approximate surface area is 106 Å². The van der Waals surface area contributed by atoms with Gasteiger partial charge in [-0.15, -0.1) is 0 Å². The smallest absolute Gasteiger partial charge is 0.324 e. The van der Waals surface area contributed by atoms with Crippen LogP contribution in [0, 0.1) is 0 Å². The lowest BCUT2D eigenvalue weighted by Gasteiger charge is -2.17. The molecule has 0 aliphatic rings. The lowest BCUT2D eigenvalue weighted by Crippen LogP contribution is -2.35. The second kappa shape index (κ2) is 5.82. The SMILES string of the molecule is CN(C)c1nc(NN)nc(NCC(F)(F)C(F)F)n1. The van der Waals surface area contributed by atoms with Crippen molar-refractivity contribution >= 4 is 17.8 Å². The van der Waals surface area contributed by atoms with Gasteiger partial charge >= 0.3 is 12.3 Å². The first-order valence-corrected chi connectivity index (χ1v) is 5.06. The number of hydrogen-bond donors (Lipinski definition) is 3. The van der Waals surface area contributed by atoms with E-state index in [9.17, 15) is 17.6 Å². The van der Waals surface area contributed by atoms with Gasteiger partial charge in [-0.3, -0.25) is 5.43 Å². The molecule has 0 aromatic carbocycles. The normalized spacial score (nSPS) is 11.6. The Bertz CT molecular complexity index is 426. The van der Waals surface area contributed by atoms with Gasteiger partial charge in [0.2, 0.25) is 17.8 Å². The van der Waals surface area contributed by atoms with Crippen molar-refractivity contribution in [3.63, 3.8) is 0 Å². The molecule has 0 aliphatic heterocycles. The molecule has 0 spiro atoms. The lowest BCUT2D eigenvalue weighted by molar-refractivity contribution is -0.117. The van der Waals surface area contributed by atoms with Gasteiger partial charge in [0.15, 0.2) is 0 Å². The monoisotopic (exact) mass is 283 g/mol. The summed E-state index contributed by atoms with van der Waals surface area (Å²) < 4.78 is 49.4. The molecule has 0 aliphatic carbocycles. The number of aromatic nitrogens is 3. The van der Waals surface area contributed by atoms with Crippen LogP contribution in [-0.2, 0) is 0 Å². The number of hydrogen-bond acceptors (Lipinski definition) is 7. The topological polar surface area (TPSA) is 92.0 Å². The molecule has 1 rings (SSSR count). The molecule has 7 nitrogen and oxygen atoms in total. The Balaban J connectivity index is 2.86. The summed E-state index contributed by atoms with van der Waals surface area (Å²) in [6.45, 7) is -1.30. The summed E-state index contributed by atoms with van der Waals surface area (Å²) in [5.41, 5.74) is 2.12. The highest BCUT2D eigenvalue weighted by Gasteiger charge is 2.40. The summed E-state index contributed by atoms with van der Waals surface area (Å²) in [5, 5.41) is 2.02. The van der Waals surface area contributed by atoms with Gasteiger partial charge in [0.05, 0.1) is 6.54 Å². The highest BCUT2D eigenvalue weighted by atomic mass is 19.3. The van der Waals surface area contributed by atoms with E-state index in [2.05, 4.69) is 20.4 Å². The number of nitrogens with zero attached hydrogens (tertiary/aromatic N) is 4. The van der Waals surface area contributed by atoms with Crippen molar-refractivity contribution in [3.05, 3.63) is 0 Å². The van der Waals surface area contributed by atoms with E-state index >= 15 is 0 Å². The standard InChI is InChI=1S/C8H13F4N7/c1-19(2)7-16-5(15-6(17-7)18-13)14-3-8(11,12)4(9)10/h4H,3,13H2,1-2H3,(H2,14,15,16,17,18). The minimum absolute atomic E-state index is 0.0819. The zero-order valence-corrected chi connectivity index (χ0v) is 10.2. The first kappa shape index (κ1) is 15.1. The maximum Gasteiger partial charge on any atom is 0.324 e. The van der Waals surface area contributed by atoms with Crippen LogP contribution in [0.1, 0.15) is 0 Å². The second-order valence-electron chi connectivity index (χ2n) is 3.74. The van der Waals surface area contributed by atoms with E-state index in [1.807, 2.05) is 5.32 Å². The Morgan fingerprint density at radius 3 is 2.26 bits per heavy atom. The minimum Gasteiger partial charge on any atom is -0.348 e. The number of nitrogens with two attached hydrogens (primary N) is 1. The van der Waals surface area contributed by atoms with Crippen LogP contribution in [0.4, 0.5) is 35.4 Å². The van der Waals surface area contributed by atoms with E-state index in [1.54, 1.807) is 14.1 Å².